The summed E-state index contributed by atoms with van der Waals surface area (Å²) in [7, 11) is 6.78. The van der Waals surface area contributed by atoms with Crippen LogP contribution in [0.15, 0.2) is 73.6 Å². The third-order valence-corrected chi connectivity index (χ3v) is 10.4. The number of carbonyl (C=O) groups excluding carboxylic acids is 4. The van der Waals surface area contributed by atoms with E-state index in [1.165, 1.54) is 9.80 Å². The van der Waals surface area contributed by atoms with Crippen molar-refractivity contribution in [3.8, 4) is 22.5 Å². The summed E-state index contributed by atoms with van der Waals surface area (Å²) in [6, 6.07) is 11.2. The minimum atomic E-state index is -0.307. The molecule has 6 aromatic rings. The van der Waals surface area contributed by atoms with E-state index in [0.717, 1.165) is 33.0 Å². The van der Waals surface area contributed by atoms with Crippen LogP contribution in [-0.4, -0.2) is 91.5 Å². The Kier molecular flexibility index (Phi) is 10.7. The molecule has 58 heavy (non-hydrogen) atoms. The Morgan fingerprint density at radius 1 is 0.603 bits per heavy atom. The molecule has 2 aliphatic carbocycles. The first-order valence-electron chi connectivity index (χ1n) is 18.7. The fourth-order valence-electron chi connectivity index (χ4n) is 6.84. The van der Waals surface area contributed by atoms with Crippen LogP contribution in [0.25, 0.3) is 44.1 Å². The summed E-state index contributed by atoms with van der Waals surface area (Å²) < 4.78 is 0. The summed E-state index contributed by atoms with van der Waals surface area (Å²) in [6.07, 6.45) is 11.3. The maximum absolute atomic E-state index is 12.5. The third-order valence-electron chi connectivity index (χ3n) is 10.4. The second-order valence-electron chi connectivity index (χ2n) is 15.1. The van der Waals surface area contributed by atoms with Crippen molar-refractivity contribution in [1.29, 1.82) is 0 Å². The van der Waals surface area contributed by atoms with Gasteiger partial charge >= 0.3 is 0 Å². The molecular formula is C42H44N12O4. The highest BCUT2D eigenvalue weighted by Gasteiger charge is 2.49. The number of carbonyl (C=O) groups is 4. The molecule has 8 rings (SSSR count). The number of rotatable bonds is 8. The van der Waals surface area contributed by atoms with E-state index in [1.54, 1.807) is 77.5 Å². The Hall–Kier alpha value is -7.10. The van der Waals surface area contributed by atoms with E-state index in [1.807, 2.05) is 38.1 Å². The number of nitrogens with zero attached hydrogens (tertiary/aromatic N) is 8. The second-order valence-corrected chi connectivity index (χ2v) is 15.1. The molecule has 4 amide bonds. The van der Waals surface area contributed by atoms with Crippen molar-refractivity contribution in [3.05, 3.63) is 84.7 Å². The van der Waals surface area contributed by atoms with Gasteiger partial charge < -0.3 is 31.9 Å². The maximum Gasteiger partial charge on any atom is 0.229 e. The van der Waals surface area contributed by atoms with Gasteiger partial charge in [-0.2, -0.15) is 0 Å². The SMILES string of the molecule is Cc1ccncc1-c1cc2cc(NC(=O)[C@@H]3C[C@@H]3C(=O)N(C)C)ncc2c(N)n1.Cc1ccncc1-c1cc2cc(NC(=O)[C@H]3C[C@H]3C(=O)N(C)C)ncc2c(N)n1. The largest absolute Gasteiger partial charge is 0.383 e. The molecule has 0 aliphatic heterocycles. The van der Waals surface area contributed by atoms with Gasteiger partial charge in [0, 0.05) is 87.3 Å². The van der Waals surface area contributed by atoms with Gasteiger partial charge in [-0.3, -0.25) is 29.1 Å². The predicted octanol–water partition coefficient (Wildman–Crippen LogP) is 4.49. The number of fused-ring (bicyclic) bond motifs is 2. The van der Waals surface area contributed by atoms with Crippen LogP contribution in [0.5, 0.6) is 0 Å². The number of aromatic nitrogens is 6. The summed E-state index contributed by atoms with van der Waals surface area (Å²) in [5, 5.41) is 8.68. The van der Waals surface area contributed by atoms with Gasteiger partial charge in [0.2, 0.25) is 23.6 Å². The Morgan fingerprint density at radius 3 is 1.36 bits per heavy atom. The molecule has 16 heteroatoms. The van der Waals surface area contributed by atoms with Crippen LogP contribution in [-0.2, 0) is 19.2 Å². The zero-order chi connectivity index (χ0) is 41.4. The summed E-state index contributed by atoms with van der Waals surface area (Å²) >= 11 is 0. The molecule has 0 radical (unpaired) electrons. The van der Waals surface area contributed by atoms with Gasteiger partial charge in [0.1, 0.15) is 23.3 Å². The van der Waals surface area contributed by atoms with Gasteiger partial charge in [-0.25, -0.2) is 19.9 Å². The lowest BCUT2D eigenvalue weighted by Crippen LogP contribution is -2.26. The van der Waals surface area contributed by atoms with Crippen LogP contribution in [0.4, 0.5) is 23.3 Å². The molecule has 6 N–H and O–H groups in total. The van der Waals surface area contributed by atoms with Crippen LogP contribution < -0.4 is 22.1 Å². The van der Waals surface area contributed by atoms with Crippen LogP contribution in [0.2, 0.25) is 0 Å². The first kappa shape index (κ1) is 39.1. The normalized spacial score (nSPS) is 17.8. The van der Waals surface area contributed by atoms with E-state index in [2.05, 4.69) is 40.5 Å². The Bertz CT molecular complexity index is 2430. The molecule has 296 valence electrons. The number of hydrogen-bond donors (Lipinski definition) is 4. The summed E-state index contributed by atoms with van der Waals surface area (Å²) in [5.41, 5.74) is 17.6. The molecule has 6 aromatic heterocycles. The van der Waals surface area contributed by atoms with E-state index in [4.69, 9.17) is 11.5 Å². The van der Waals surface area contributed by atoms with Gasteiger partial charge in [-0.1, -0.05) is 0 Å². The number of nitrogens with one attached hydrogen (secondary N) is 2. The topological polar surface area (TPSA) is 228 Å². The number of anilines is 4. The van der Waals surface area contributed by atoms with Crippen LogP contribution in [0, 0.1) is 37.5 Å². The Labute approximate surface area is 334 Å². The summed E-state index contributed by atoms with van der Waals surface area (Å²) in [4.78, 5) is 77.8. The minimum Gasteiger partial charge on any atom is -0.383 e. The third kappa shape index (κ3) is 8.21. The summed E-state index contributed by atoms with van der Waals surface area (Å²) in [5.74, 6) is 0.0430. The van der Waals surface area contributed by atoms with E-state index in [-0.39, 0.29) is 47.3 Å². The highest BCUT2D eigenvalue weighted by atomic mass is 16.2. The number of nitrogen functional groups attached to an aromatic ring is 2. The summed E-state index contributed by atoms with van der Waals surface area (Å²) in [6.45, 7) is 3.97. The van der Waals surface area contributed by atoms with Crippen LogP contribution in [0.1, 0.15) is 24.0 Å². The zero-order valence-electron chi connectivity index (χ0n) is 33.0. The van der Waals surface area contributed by atoms with Crippen molar-refractivity contribution >= 4 is 68.4 Å². The van der Waals surface area contributed by atoms with Crippen molar-refractivity contribution in [1.82, 2.24) is 39.7 Å². The van der Waals surface area contributed by atoms with E-state index in [0.29, 0.717) is 58.3 Å². The van der Waals surface area contributed by atoms with Gasteiger partial charge in [0.25, 0.3) is 0 Å². The first-order valence-corrected chi connectivity index (χ1v) is 18.7. The molecule has 0 unspecified atom stereocenters. The van der Waals surface area contributed by atoms with Gasteiger partial charge in [0.05, 0.1) is 35.1 Å². The van der Waals surface area contributed by atoms with Crippen molar-refractivity contribution < 1.29 is 19.2 Å². The average molecular weight is 781 g/mol. The molecule has 2 fully saturated rings. The predicted molar refractivity (Wildman–Crippen MR) is 222 cm³/mol. The lowest BCUT2D eigenvalue weighted by molar-refractivity contribution is -0.132. The van der Waals surface area contributed by atoms with Crippen molar-refractivity contribution in [3.63, 3.8) is 0 Å². The fourth-order valence-corrected chi connectivity index (χ4v) is 6.84. The molecule has 0 saturated heterocycles. The van der Waals surface area contributed by atoms with Crippen molar-refractivity contribution in [2.75, 3.05) is 50.3 Å². The molecule has 2 aliphatic rings. The maximum atomic E-state index is 12.5. The zero-order valence-corrected chi connectivity index (χ0v) is 33.0. The Balaban J connectivity index is 0.000000177. The quantitative estimate of drug-likeness (QED) is 0.168. The number of pyridine rings is 6. The first-order chi connectivity index (χ1) is 27.7. The lowest BCUT2D eigenvalue weighted by atomic mass is 10.1. The van der Waals surface area contributed by atoms with E-state index < -0.39 is 0 Å². The van der Waals surface area contributed by atoms with E-state index in [9.17, 15) is 19.2 Å². The van der Waals surface area contributed by atoms with Crippen molar-refractivity contribution in [2.24, 2.45) is 23.7 Å². The highest BCUT2D eigenvalue weighted by molar-refractivity contribution is 6.02. The molecule has 0 spiro atoms. The van der Waals surface area contributed by atoms with Crippen LogP contribution >= 0.6 is 0 Å². The molecular weight excluding hydrogens is 737 g/mol. The van der Waals surface area contributed by atoms with Gasteiger partial charge in [-0.15, -0.1) is 0 Å². The number of aryl methyl sites for hydroxylation is 2. The lowest BCUT2D eigenvalue weighted by Gasteiger charge is -2.11. The van der Waals surface area contributed by atoms with Crippen LogP contribution in [0.3, 0.4) is 0 Å². The number of amides is 4. The molecule has 6 heterocycles. The second kappa shape index (κ2) is 15.8. The molecule has 16 nitrogen and oxygen atoms in total. The molecule has 2 saturated carbocycles. The number of nitrogens with two attached hydrogens (primary N) is 2. The average Bonchev–Trinajstić information content (AvgIpc) is 4.13. The molecule has 0 bridgehead atoms. The number of hydrogen-bond acceptors (Lipinski definition) is 12. The fraction of sp³-hybridized carbons (Fsp3) is 0.286. The standard InChI is InChI=1S/2C21H22N6O2/c2*1-11-4-5-23-9-15(11)17-6-12-7-18(24-10-16(12)19(22)25-17)26-20(28)13-8-14(13)21(29)27(2)3/h2*4-7,9-10,13-14H,8H2,1-3H3,(H2,22,25)(H,24,26,28)/t2*13-,14+/m10/s1. The molecule has 0 aromatic carbocycles. The van der Waals surface area contributed by atoms with E-state index >= 15 is 0 Å². The van der Waals surface area contributed by atoms with Gasteiger partial charge in [0.15, 0.2) is 0 Å². The Morgan fingerprint density at radius 2 is 1.00 bits per heavy atom. The molecule has 4 atom stereocenters. The minimum absolute atomic E-state index is 0.0213. The highest BCUT2D eigenvalue weighted by Crippen LogP contribution is 2.41. The van der Waals surface area contributed by atoms with Gasteiger partial charge in [-0.05, 0) is 85.0 Å². The monoisotopic (exact) mass is 780 g/mol. The smallest absolute Gasteiger partial charge is 0.229 e. The van der Waals surface area contributed by atoms with Crippen molar-refractivity contribution in [2.45, 2.75) is 26.7 Å².